The third-order valence-corrected chi connectivity index (χ3v) is 2.38. The molecule has 0 heterocycles. The Balaban J connectivity index is 2.97. The summed E-state index contributed by atoms with van der Waals surface area (Å²) in [5.41, 5.74) is 7.76. The smallest absolute Gasteiger partial charge is 0.338 e. The molecule has 0 aliphatic rings. The van der Waals surface area contributed by atoms with Crippen LogP contribution in [0.3, 0.4) is 0 Å². The van der Waals surface area contributed by atoms with E-state index >= 15 is 0 Å². The molecule has 0 aliphatic carbocycles. The number of methoxy groups -OCH3 is 1. The Hall–Kier alpha value is -1.22. The van der Waals surface area contributed by atoms with Crippen molar-refractivity contribution in [1.29, 1.82) is 0 Å². The van der Waals surface area contributed by atoms with Gasteiger partial charge in [-0.1, -0.05) is 0 Å². The highest BCUT2D eigenvalue weighted by atomic mass is 35.5. The molecule has 0 saturated carbocycles. The number of alkyl halides is 1. The quantitative estimate of drug-likeness (QED) is 0.488. The standard InChI is InChI=1S/C11H14ClNO2/c1-15-11(14)10-5-4-9(13)7-8(10)3-2-6-12/h4-5,7H,2-3,6,13H2,1H3. The fourth-order valence-corrected chi connectivity index (χ4v) is 1.52. The van der Waals surface area contributed by atoms with Crippen LogP contribution < -0.4 is 5.73 Å². The third-order valence-electron chi connectivity index (χ3n) is 2.11. The molecule has 82 valence electrons. The van der Waals surface area contributed by atoms with E-state index in [1.54, 1.807) is 18.2 Å². The summed E-state index contributed by atoms with van der Waals surface area (Å²) < 4.78 is 4.68. The molecule has 0 saturated heterocycles. The van der Waals surface area contributed by atoms with E-state index in [0.29, 0.717) is 17.1 Å². The Bertz CT molecular complexity index is 352. The Kier molecular flexibility index (Phi) is 4.43. The van der Waals surface area contributed by atoms with Gasteiger partial charge in [-0.25, -0.2) is 4.79 Å². The molecule has 0 bridgehead atoms. The van der Waals surface area contributed by atoms with Gasteiger partial charge >= 0.3 is 5.97 Å². The first-order chi connectivity index (χ1) is 7.19. The van der Waals surface area contributed by atoms with Gasteiger partial charge in [0.2, 0.25) is 0 Å². The molecule has 1 aromatic carbocycles. The number of halogens is 1. The largest absolute Gasteiger partial charge is 0.465 e. The Morgan fingerprint density at radius 1 is 1.53 bits per heavy atom. The van der Waals surface area contributed by atoms with E-state index in [0.717, 1.165) is 18.4 Å². The van der Waals surface area contributed by atoms with Crippen molar-refractivity contribution in [2.45, 2.75) is 12.8 Å². The number of nitrogens with two attached hydrogens (primary N) is 1. The van der Waals surface area contributed by atoms with Crippen LogP contribution in [0.2, 0.25) is 0 Å². The average molecular weight is 228 g/mol. The zero-order valence-corrected chi connectivity index (χ0v) is 9.38. The van der Waals surface area contributed by atoms with Crippen molar-refractivity contribution in [2.75, 3.05) is 18.7 Å². The minimum absolute atomic E-state index is 0.334. The summed E-state index contributed by atoms with van der Waals surface area (Å²) in [6.07, 6.45) is 1.55. The number of carbonyl (C=O) groups excluding carboxylic acids is 1. The van der Waals surface area contributed by atoms with Crippen molar-refractivity contribution in [3.8, 4) is 0 Å². The van der Waals surface area contributed by atoms with Gasteiger partial charge in [0.05, 0.1) is 12.7 Å². The fourth-order valence-electron chi connectivity index (χ4n) is 1.39. The van der Waals surface area contributed by atoms with Crippen LogP contribution in [-0.4, -0.2) is 19.0 Å². The molecule has 4 heteroatoms. The van der Waals surface area contributed by atoms with Crippen LogP contribution in [0.25, 0.3) is 0 Å². The van der Waals surface area contributed by atoms with E-state index in [2.05, 4.69) is 4.74 Å². The second-order valence-corrected chi connectivity index (χ2v) is 3.58. The SMILES string of the molecule is COC(=O)c1ccc(N)cc1CCCCl. The van der Waals surface area contributed by atoms with Crippen molar-refractivity contribution >= 4 is 23.3 Å². The van der Waals surface area contributed by atoms with Crippen LogP contribution >= 0.6 is 11.6 Å². The van der Waals surface area contributed by atoms with Crippen molar-refractivity contribution < 1.29 is 9.53 Å². The first-order valence-corrected chi connectivity index (χ1v) is 5.25. The maximum Gasteiger partial charge on any atom is 0.338 e. The number of anilines is 1. The van der Waals surface area contributed by atoms with E-state index in [1.165, 1.54) is 7.11 Å². The van der Waals surface area contributed by atoms with Gasteiger partial charge in [0.1, 0.15) is 0 Å². The van der Waals surface area contributed by atoms with Crippen LogP contribution in [-0.2, 0) is 11.2 Å². The van der Waals surface area contributed by atoms with Crippen LogP contribution in [0.5, 0.6) is 0 Å². The Morgan fingerprint density at radius 3 is 2.87 bits per heavy atom. The minimum Gasteiger partial charge on any atom is -0.465 e. The minimum atomic E-state index is -0.334. The highest BCUT2D eigenvalue weighted by Gasteiger charge is 2.11. The lowest BCUT2D eigenvalue weighted by molar-refractivity contribution is 0.0599. The Labute approximate surface area is 94.2 Å². The molecular weight excluding hydrogens is 214 g/mol. The number of rotatable bonds is 4. The third kappa shape index (κ3) is 3.13. The molecule has 0 aromatic heterocycles. The number of ether oxygens (including phenoxy) is 1. The molecule has 0 atom stereocenters. The maximum atomic E-state index is 11.4. The number of benzene rings is 1. The second kappa shape index (κ2) is 5.61. The molecule has 3 nitrogen and oxygen atoms in total. The molecule has 0 unspecified atom stereocenters. The van der Waals surface area contributed by atoms with Crippen molar-refractivity contribution in [3.05, 3.63) is 29.3 Å². The first kappa shape index (κ1) is 11.9. The van der Waals surface area contributed by atoms with Gasteiger partial charge in [0, 0.05) is 11.6 Å². The topological polar surface area (TPSA) is 52.3 Å². The van der Waals surface area contributed by atoms with Gasteiger partial charge in [0.15, 0.2) is 0 Å². The molecule has 0 fully saturated rings. The molecule has 0 aliphatic heterocycles. The molecule has 1 aromatic rings. The summed E-state index contributed by atoms with van der Waals surface area (Å²) in [7, 11) is 1.37. The average Bonchev–Trinajstić information content (AvgIpc) is 2.25. The van der Waals surface area contributed by atoms with Gasteiger partial charge in [-0.3, -0.25) is 0 Å². The van der Waals surface area contributed by atoms with Crippen molar-refractivity contribution in [1.82, 2.24) is 0 Å². The fraction of sp³-hybridized carbons (Fsp3) is 0.364. The van der Waals surface area contributed by atoms with Gasteiger partial charge in [-0.05, 0) is 36.6 Å². The lowest BCUT2D eigenvalue weighted by Gasteiger charge is -2.07. The lowest BCUT2D eigenvalue weighted by atomic mass is 10.0. The summed E-state index contributed by atoms with van der Waals surface area (Å²) in [6.45, 7) is 0. The van der Waals surface area contributed by atoms with Crippen LogP contribution in [0.1, 0.15) is 22.3 Å². The summed E-state index contributed by atoms with van der Waals surface area (Å²) in [4.78, 5) is 11.4. The number of esters is 1. The summed E-state index contributed by atoms with van der Waals surface area (Å²) >= 11 is 5.61. The summed E-state index contributed by atoms with van der Waals surface area (Å²) in [5, 5.41) is 0. The predicted octanol–water partition coefficient (Wildman–Crippen LogP) is 2.23. The van der Waals surface area contributed by atoms with Crippen molar-refractivity contribution in [2.24, 2.45) is 0 Å². The molecule has 1 rings (SSSR count). The number of carbonyl (C=O) groups is 1. The van der Waals surface area contributed by atoms with E-state index in [4.69, 9.17) is 17.3 Å². The van der Waals surface area contributed by atoms with E-state index in [9.17, 15) is 4.79 Å². The van der Waals surface area contributed by atoms with Gasteiger partial charge in [0.25, 0.3) is 0 Å². The van der Waals surface area contributed by atoms with E-state index < -0.39 is 0 Å². The first-order valence-electron chi connectivity index (χ1n) is 4.71. The zero-order valence-electron chi connectivity index (χ0n) is 8.63. The van der Waals surface area contributed by atoms with E-state index in [1.807, 2.05) is 0 Å². The highest BCUT2D eigenvalue weighted by Crippen LogP contribution is 2.16. The normalized spacial score (nSPS) is 10.0. The molecule has 0 radical (unpaired) electrons. The zero-order chi connectivity index (χ0) is 11.3. The van der Waals surface area contributed by atoms with Gasteiger partial charge in [-0.2, -0.15) is 0 Å². The number of hydrogen-bond donors (Lipinski definition) is 1. The monoisotopic (exact) mass is 227 g/mol. The van der Waals surface area contributed by atoms with Crippen LogP contribution in [0.15, 0.2) is 18.2 Å². The van der Waals surface area contributed by atoms with Crippen LogP contribution in [0.4, 0.5) is 5.69 Å². The second-order valence-electron chi connectivity index (χ2n) is 3.20. The maximum absolute atomic E-state index is 11.4. The van der Waals surface area contributed by atoms with E-state index in [-0.39, 0.29) is 5.97 Å². The number of aryl methyl sites for hydroxylation is 1. The molecule has 0 spiro atoms. The number of nitrogen functional groups attached to an aromatic ring is 1. The van der Waals surface area contributed by atoms with Gasteiger partial charge in [-0.15, -0.1) is 11.6 Å². The molecule has 15 heavy (non-hydrogen) atoms. The van der Waals surface area contributed by atoms with Crippen LogP contribution in [0, 0.1) is 0 Å². The molecule has 0 amide bonds. The lowest BCUT2D eigenvalue weighted by Crippen LogP contribution is -2.06. The number of hydrogen-bond acceptors (Lipinski definition) is 3. The highest BCUT2D eigenvalue weighted by molar-refractivity contribution is 6.17. The van der Waals surface area contributed by atoms with Crippen molar-refractivity contribution in [3.63, 3.8) is 0 Å². The van der Waals surface area contributed by atoms with Gasteiger partial charge < -0.3 is 10.5 Å². The molecular formula is C11H14ClNO2. The molecule has 2 N–H and O–H groups in total. The predicted molar refractivity (Wildman–Crippen MR) is 61.2 cm³/mol. The Morgan fingerprint density at radius 2 is 2.27 bits per heavy atom. The summed E-state index contributed by atoms with van der Waals surface area (Å²) in [5.74, 6) is 0.231. The summed E-state index contributed by atoms with van der Waals surface area (Å²) in [6, 6.07) is 5.17.